The van der Waals surface area contributed by atoms with Crippen LogP contribution >= 0.6 is 11.8 Å². The van der Waals surface area contributed by atoms with Crippen LogP contribution in [0.4, 0.5) is 0 Å². The van der Waals surface area contributed by atoms with Gasteiger partial charge in [0.05, 0.1) is 12.1 Å². The first-order chi connectivity index (χ1) is 15.8. The lowest BCUT2D eigenvalue weighted by atomic mass is 10.1. The lowest BCUT2D eigenvalue weighted by Crippen LogP contribution is -2.13. The molecule has 33 heavy (non-hydrogen) atoms. The van der Waals surface area contributed by atoms with Gasteiger partial charge in [-0.15, -0.1) is 11.8 Å². The molecular formula is C26H33N3O3S. The molecule has 4 rings (SSSR count). The van der Waals surface area contributed by atoms with Crippen molar-refractivity contribution in [1.82, 2.24) is 4.98 Å². The van der Waals surface area contributed by atoms with Crippen molar-refractivity contribution in [2.75, 3.05) is 13.2 Å². The highest BCUT2D eigenvalue weighted by molar-refractivity contribution is 7.99. The fourth-order valence-corrected chi connectivity index (χ4v) is 4.36. The Morgan fingerprint density at radius 2 is 1.30 bits per heavy atom. The lowest BCUT2D eigenvalue weighted by Gasteiger charge is -2.11. The number of nitrogens with zero attached hydrogens (tertiary/aromatic N) is 3. The zero-order chi connectivity index (χ0) is 23.5. The molecule has 0 N–H and O–H groups in total. The van der Waals surface area contributed by atoms with E-state index >= 15 is 0 Å². The van der Waals surface area contributed by atoms with Crippen LogP contribution in [0.2, 0.25) is 0 Å². The largest absolute Gasteiger partial charge is 0.474 e. The SMILES string of the molecule is CC(C)Sc1ccc(Oc2cc(C3=N[C@@H](C(C)C)CO3)nc(C3=N[C@@H](C(C)C)CO3)c2)cc1. The number of thioether (sulfide) groups is 1. The minimum absolute atomic E-state index is 0.131. The van der Waals surface area contributed by atoms with E-state index < -0.39 is 0 Å². The van der Waals surface area contributed by atoms with Gasteiger partial charge in [0.2, 0.25) is 11.8 Å². The third-order valence-corrected chi connectivity index (χ3v) is 6.57. The van der Waals surface area contributed by atoms with Crippen LogP contribution in [-0.4, -0.2) is 47.3 Å². The van der Waals surface area contributed by atoms with Crippen LogP contribution in [0.1, 0.15) is 52.9 Å². The molecule has 0 fully saturated rings. The van der Waals surface area contributed by atoms with Crippen molar-refractivity contribution < 1.29 is 14.2 Å². The van der Waals surface area contributed by atoms with Crippen molar-refractivity contribution >= 4 is 23.6 Å². The van der Waals surface area contributed by atoms with Crippen molar-refractivity contribution in [1.29, 1.82) is 0 Å². The van der Waals surface area contributed by atoms with Gasteiger partial charge in [0.1, 0.15) is 36.1 Å². The number of hydrogen-bond acceptors (Lipinski definition) is 7. The predicted molar refractivity (Wildman–Crippen MR) is 134 cm³/mol. The summed E-state index contributed by atoms with van der Waals surface area (Å²) in [4.78, 5) is 15.5. The first-order valence-electron chi connectivity index (χ1n) is 11.7. The minimum atomic E-state index is 0.131. The zero-order valence-corrected chi connectivity index (χ0v) is 21.1. The Hall–Kier alpha value is -2.54. The van der Waals surface area contributed by atoms with Crippen LogP contribution in [0.15, 0.2) is 51.3 Å². The molecule has 0 radical (unpaired) electrons. The second-order valence-electron chi connectivity index (χ2n) is 9.43. The highest BCUT2D eigenvalue weighted by Crippen LogP contribution is 2.29. The van der Waals surface area contributed by atoms with Gasteiger partial charge in [-0.05, 0) is 36.1 Å². The zero-order valence-electron chi connectivity index (χ0n) is 20.2. The van der Waals surface area contributed by atoms with E-state index in [0.717, 1.165) is 5.75 Å². The molecule has 1 aromatic heterocycles. The Morgan fingerprint density at radius 3 is 1.73 bits per heavy atom. The van der Waals surface area contributed by atoms with Gasteiger partial charge < -0.3 is 14.2 Å². The van der Waals surface area contributed by atoms with E-state index in [9.17, 15) is 0 Å². The Balaban J connectivity index is 1.65. The second-order valence-corrected chi connectivity index (χ2v) is 11.1. The number of pyridine rings is 1. The molecule has 1 aromatic carbocycles. The summed E-state index contributed by atoms with van der Waals surface area (Å²) in [6, 6.07) is 12.1. The van der Waals surface area contributed by atoms with Gasteiger partial charge in [-0.2, -0.15) is 0 Å². The third-order valence-electron chi connectivity index (χ3n) is 5.56. The highest BCUT2D eigenvalue weighted by Gasteiger charge is 2.27. The second kappa shape index (κ2) is 10.2. The van der Waals surface area contributed by atoms with Gasteiger partial charge in [0.25, 0.3) is 0 Å². The third kappa shape index (κ3) is 5.88. The minimum Gasteiger partial charge on any atom is -0.474 e. The first-order valence-corrected chi connectivity index (χ1v) is 12.5. The molecule has 176 valence electrons. The summed E-state index contributed by atoms with van der Waals surface area (Å²) in [5.41, 5.74) is 1.27. The number of ether oxygens (including phenoxy) is 3. The standard InChI is InChI=1S/C26H33N3O3S/c1-15(2)23-13-30-25(28-23)21-11-19(32-18-7-9-20(10-8-18)33-17(5)6)12-22(27-21)26-29-24(14-31-26)16(3)4/h7-12,15-17,23-24H,13-14H2,1-6H3/t23-,24-/m1/s1. The number of hydrogen-bond donors (Lipinski definition) is 0. The molecule has 0 spiro atoms. The molecule has 2 aliphatic rings. The smallest absolute Gasteiger partial charge is 0.235 e. The van der Waals surface area contributed by atoms with Crippen molar-refractivity contribution in [2.45, 2.75) is 63.8 Å². The van der Waals surface area contributed by atoms with Crippen LogP contribution in [0.3, 0.4) is 0 Å². The Bertz CT molecular complexity index is 979. The van der Waals surface area contributed by atoms with Gasteiger partial charge in [0.15, 0.2) is 0 Å². The Labute approximate surface area is 200 Å². The number of aliphatic imine (C=N–C) groups is 2. The van der Waals surface area contributed by atoms with E-state index in [1.54, 1.807) is 0 Å². The average Bonchev–Trinajstić information content (AvgIpc) is 3.45. The van der Waals surface area contributed by atoms with Gasteiger partial charge in [0, 0.05) is 22.3 Å². The van der Waals surface area contributed by atoms with E-state index in [1.807, 2.05) is 36.0 Å². The van der Waals surface area contributed by atoms with Crippen LogP contribution in [0.5, 0.6) is 11.5 Å². The topological polar surface area (TPSA) is 65.3 Å². The summed E-state index contributed by atoms with van der Waals surface area (Å²) in [5.74, 6) is 3.30. The van der Waals surface area contributed by atoms with E-state index in [0.29, 0.717) is 59.2 Å². The first kappa shape index (κ1) is 23.6. The summed E-state index contributed by atoms with van der Waals surface area (Å²) < 4.78 is 18.0. The molecular weight excluding hydrogens is 434 g/mol. The maximum atomic E-state index is 6.22. The molecule has 0 amide bonds. The maximum Gasteiger partial charge on any atom is 0.235 e. The molecule has 0 saturated carbocycles. The molecule has 2 atom stereocenters. The molecule has 6 nitrogen and oxygen atoms in total. The van der Waals surface area contributed by atoms with Crippen molar-refractivity contribution in [3.05, 3.63) is 47.8 Å². The summed E-state index contributed by atoms with van der Waals surface area (Å²) in [7, 11) is 0. The molecule has 0 saturated heterocycles. The number of aromatic nitrogens is 1. The summed E-state index contributed by atoms with van der Waals surface area (Å²) in [6.45, 7) is 14.1. The van der Waals surface area contributed by atoms with E-state index in [1.165, 1.54) is 4.90 Å². The number of benzene rings is 1. The Morgan fingerprint density at radius 1 is 0.788 bits per heavy atom. The van der Waals surface area contributed by atoms with Crippen molar-refractivity contribution in [2.24, 2.45) is 21.8 Å². The molecule has 2 aromatic rings. The van der Waals surface area contributed by atoms with Crippen molar-refractivity contribution in [3.63, 3.8) is 0 Å². The van der Waals surface area contributed by atoms with Crippen LogP contribution < -0.4 is 4.74 Å². The van der Waals surface area contributed by atoms with E-state index in [-0.39, 0.29) is 12.1 Å². The highest BCUT2D eigenvalue weighted by atomic mass is 32.2. The summed E-state index contributed by atoms with van der Waals surface area (Å²) >= 11 is 1.83. The quantitative estimate of drug-likeness (QED) is 0.447. The molecule has 0 bridgehead atoms. The van der Waals surface area contributed by atoms with Gasteiger partial charge in [-0.1, -0.05) is 41.5 Å². The van der Waals surface area contributed by atoms with Crippen molar-refractivity contribution in [3.8, 4) is 11.5 Å². The molecule has 3 heterocycles. The normalized spacial score (nSPS) is 20.2. The monoisotopic (exact) mass is 467 g/mol. The van der Waals surface area contributed by atoms with Crippen LogP contribution in [-0.2, 0) is 9.47 Å². The van der Waals surface area contributed by atoms with Gasteiger partial charge >= 0.3 is 0 Å². The lowest BCUT2D eigenvalue weighted by molar-refractivity contribution is 0.290. The van der Waals surface area contributed by atoms with E-state index in [2.05, 4.69) is 53.7 Å². The van der Waals surface area contributed by atoms with Gasteiger partial charge in [-0.3, -0.25) is 0 Å². The molecule has 7 heteroatoms. The van der Waals surface area contributed by atoms with Crippen LogP contribution in [0, 0.1) is 11.8 Å². The van der Waals surface area contributed by atoms with Gasteiger partial charge in [-0.25, -0.2) is 15.0 Å². The van der Waals surface area contributed by atoms with Crippen LogP contribution in [0.25, 0.3) is 0 Å². The number of rotatable bonds is 8. The molecule has 0 unspecified atom stereocenters. The summed E-state index contributed by atoms with van der Waals surface area (Å²) in [5, 5.41) is 0.533. The Kier molecular flexibility index (Phi) is 7.27. The predicted octanol–water partition coefficient (Wildman–Crippen LogP) is 5.98. The average molecular weight is 468 g/mol. The maximum absolute atomic E-state index is 6.22. The summed E-state index contributed by atoms with van der Waals surface area (Å²) in [6.07, 6.45) is 0. The fourth-order valence-electron chi connectivity index (χ4n) is 3.52. The van der Waals surface area contributed by atoms with E-state index in [4.69, 9.17) is 29.2 Å². The molecule has 0 aliphatic carbocycles. The molecule has 2 aliphatic heterocycles. The fraction of sp³-hybridized carbons (Fsp3) is 0.500.